The van der Waals surface area contributed by atoms with Crippen LogP contribution in [0.1, 0.15) is 45.4 Å². The highest BCUT2D eigenvalue weighted by atomic mass is 16.5. The van der Waals surface area contributed by atoms with E-state index in [4.69, 9.17) is 14.5 Å². The van der Waals surface area contributed by atoms with E-state index in [0.29, 0.717) is 12.2 Å². The summed E-state index contributed by atoms with van der Waals surface area (Å²) in [6, 6.07) is 0. The van der Waals surface area contributed by atoms with E-state index < -0.39 is 0 Å². The fourth-order valence-corrected chi connectivity index (χ4v) is 6.30. The van der Waals surface area contributed by atoms with Gasteiger partial charge in [-0.15, -0.1) is 0 Å². The Bertz CT molecular complexity index is 538. The third-order valence-electron chi connectivity index (χ3n) is 7.81. The monoisotopic (exact) mass is 376 g/mol. The van der Waals surface area contributed by atoms with Gasteiger partial charge >= 0.3 is 0 Å². The van der Waals surface area contributed by atoms with Crippen molar-refractivity contribution in [2.45, 2.75) is 63.2 Å². The largest absolute Gasteiger partial charge is 0.381 e. The molecule has 27 heavy (non-hydrogen) atoms. The highest BCUT2D eigenvalue weighted by molar-refractivity contribution is 5.80. The van der Waals surface area contributed by atoms with E-state index in [1.165, 1.54) is 38.8 Å². The molecule has 4 unspecified atom stereocenters. The molecule has 0 aromatic carbocycles. The third-order valence-corrected chi connectivity index (χ3v) is 7.81. The van der Waals surface area contributed by atoms with Crippen LogP contribution in [0.15, 0.2) is 4.99 Å². The predicted molar refractivity (Wildman–Crippen MR) is 106 cm³/mol. The van der Waals surface area contributed by atoms with Crippen LogP contribution in [-0.2, 0) is 9.47 Å². The lowest BCUT2D eigenvalue weighted by atomic mass is 9.82. The first kappa shape index (κ1) is 18.2. The van der Waals surface area contributed by atoms with Gasteiger partial charge in [0.2, 0.25) is 0 Å². The van der Waals surface area contributed by atoms with Crippen molar-refractivity contribution in [3.05, 3.63) is 0 Å². The van der Waals surface area contributed by atoms with E-state index in [1.807, 2.05) is 0 Å². The summed E-state index contributed by atoms with van der Waals surface area (Å²) in [5, 5.41) is 3.60. The minimum absolute atomic E-state index is 0.215. The summed E-state index contributed by atoms with van der Waals surface area (Å²) in [7, 11) is 0. The molecule has 2 bridgehead atoms. The van der Waals surface area contributed by atoms with Crippen molar-refractivity contribution in [3.8, 4) is 0 Å². The van der Waals surface area contributed by atoms with Crippen molar-refractivity contribution in [1.29, 1.82) is 0 Å². The van der Waals surface area contributed by atoms with Gasteiger partial charge < -0.3 is 19.7 Å². The van der Waals surface area contributed by atoms with Gasteiger partial charge in [-0.1, -0.05) is 0 Å². The minimum atomic E-state index is 0.215. The quantitative estimate of drug-likeness (QED) is 0.598. The van der Waals surface area contributed by atoms with Crippen LogP contribution in [0.3, 0.4) is 0 Å². The molecule has 6 nitrogen and oxygen atoms in total. The van der Waals surface area contributed by atoms with Gasteiger partial charge in [-0.2, -0.15) is 0 Å². The fraction of sp³-hybridized carbons (Fsp3) is 0.952. The Morgan fingerprint density at radius 1 is 1.07 bits per heavy atom. The summed E-state index contributed by atoms with van der Waals surface area (Å²) < 4.78 is 11.9. The molecule has 1 N–H and O–H groups in total. The van der Waals surface area contributed by atoms with Crippen LogP contribution in [0.2, 0.25) is 0 Å². The Morgan fingerprint density at radius 2 is 1.74 bits per heavy atom. The molecule has 5 aliphatic heterocycles. The number of ether oxygens (including phenoxy) is 2. The van der Waals surface area contributed by atoms with E-state index in [2.05, 4.69) is 22.0 Å². The summed E-state index contributed by atoms with van der Waals surface area (Å²) in [5.41, 5.74) is 0.215. The lowest BCUT2D eigenvalue weighted by Gasteiger charge is -2.44. The average molecular weight is 377 g/mol. The number of nitrogens with one attached hydrogen (secondary N) is 1. The van der Waals surface area contributed by atoms with Crippen molar-refractivity contribution < 1.29 is 9.47 Å². The van der Waals surface area contributed by atoms with Crippen molar-refractivity contribution in [1.82, 2.24) is 15.1 Å². The Labute approximate surface area is 163 Å². The molecule has 0 aliphatic carbocycles. The smallest absolute Gasteiger partial charge is 0.194 e. The van der Waals surface area contributed by atoms with Gasteiger partial charge in [-0.05, 0) is 58.5 Å². The molecule has 0 amide bonds. The number of rotatable bonds is 4. The van der Waals surface area contributed by atoms with Crippen LogP contribution >= 0.6 is 0 Å². The van der Waals surface area contributed by atoms with E-state index >= 15 is 0 Å². The summed E-state index contributed by atoms with van der Waals surface area (Å²) in [6.07, 6.45) is 8.49. The number of hydrogen-bond donors (Lipinski definition) is 1. The van der Waals surface area contributed by atoms with E-state index in [1.54, 1.807) is 0 Å². The van der Waals surface area contributed by atoms with E-state index in [9.17, 15) is 0 Å². The van der Waals surface area contributed by atoms with Crippen LogP contribution in [0, 0.1) is 11.8 Å². The summed E-state index contributed by atoms with van der Waals surface area (Å²) in [6.45, 7) is 10.5. The normalized spacial score (nSPS) is 38.6. The molecule has 0 radical (unpaired) electrons. The number of guanidine groups is 1. The van der Waals surface area contributed by atoms with Gasteiger partial charge in [0.15, 0.2) is 5.96 Å². The van der Waals surface area contributed by atoms with Crippen molar-refractivity contribution in [2.75, 3.05) is 52.5 Å². The number of aliphatic imine (C=N–C) groups is 1. The SMILES string of the molecule is CCNC(=NCC1(N2CCCC2)CCOCC1)N1CC2C3CCC(O3)C2C1. The number of nitrogens with zero attached hydrogens (tertiary/aromatic N) is 3. The Kier molecular flexibility index (Phi) is 5.07. The molecule has 0 spiro atoms. The molecule has 5 fully saturated rings. The molecule has 0 aromatic rings. The van der Waals surface area contributed by atoms with Gasteiger partial charge in [0.25, 0.3) is 0 Å². The molecule has 4 atom stereocenters. The van der Waals surface area contributed by atoms with Crippen LogP contribution in [0.25, 0.3) is 0 Å². The second kappa shape index (κ2) is 7.53. The zero-order chi connectivity index (χ0) is 18.3. The van der Waals surface area contributed by atoms with Gasteiger partial charge in [0.05, 0.1) is 18.8 Å². The molecule has 6 heteroatoms. The first-order valence-electron chi connectivity index (χ1n) is 11.3. The predicted octanol–water partition coefficient (Wildman–Crippen LogP) is 1.71. The van der Waals surface area contributed by atoms with Crippen LogP contribution in [0.5, 0.6) is 0 Å². The Hall–Kier alpha value is -0.850. The lowest BCUT2D eigenvalue weighted by Crippen LogP contribution is -2.54. The molecule has 5 aliphatic rings. The molecule has 0 aromatic heterocycles. The van der Waals surface area contributed by atoms with Gasteiger partial charge in [0, 0.05) is 50.2 Å². The van der Waals surface area contributed by atoms with E-state index in [-0.39, 0.29) is 5.54 Å². The first-order chi connectivity index (χ1) is 13.3. The number of likely N-dealkylation sites (tertiary alicyclic amines) is 2. The van der Waals surface area contributed by atoms with Crippen molar-refractivity contribution >= 4 is 5.96 Å². The Balaban J connectivity index is 1.31. The zero-order valence-corrected chi connectivity index (χ0v) is 16.9. The number of fused-ring (bicyclic) bond motifs is 5. The number of hydrogen-bond acceptors (Lipinski definition) is 4. The van der Waals surface area contributed by atoms with Crippen molar-refractivity contribution in [3.63, 3.8) is 0 Å². The lowest BCUT2D eigenvalue weighted by molar-refractivity contribution is -0.0140. The van der Waals surface area contributed by atoms with Gasteiger partial charge in [0.1, 0.15) is 0 Å². The molecule has 152 valence electrons. The van der Waals surface area contributed by atoms with Gasteiger partial charge in [-0.25, -0.2) is 0 Å². The van der Waals surface area contributed by atoms with Crippen LogP contribution in [-0.4, -0.2) is 86.0 Å². The first-order valence-corrected chi connectivity index (χ1v) is 11.3. The van der Waals surface area contributed by atoms with Crippen LogP contribution < -0.4 is 5.32 Å². The maximum atomic E-state index is 6.16. The topological polar surface area (TPSA) is 49.3 Å². The molecule has 5 heterocycles. The summed E-state index contributed by atoms with van der Waals surface area (Å²) >= 11 is 0. The summed E-state index contributed by atoms with van der Waals surface area (Å²) in [5.74, 6) is 2.59. The van der Waals surface area contributed by atoms with Crippen LogP contribution in [0.4, 0.5) is 0 Å². The minimum Gasteiger partial charge on any atom is -0.381 e. The maximum absolute atomic E-state index is 6.16. The summed E-state index contributed by atoms with van der Waals surface area (Å²) in [4.78, 5) is 10.5. The zero-order valence-electron chi connectivity index (χ0n) is 16.9. The highest BCUT2D eigenvalue weighted by Gasteiger charge is 2.53. The molecule has 5 saturated heterocycles. The highest BCUT2D eigenvalue weighted by Crippen LogP contribution is 2.47. The maximum Gasteiger partial charge on any atom is 0.194 e. The third kappa shape index (κ3) is 3.28. The van der Waals surface area contributed by atoms with Crippen molar-refractivity contribution in [2.24, 2.45) is 16.8 Å². The van der Waals surface area contributed by atoms with Gasteiger partial charge in [-0.3, -0.25) is 9.89 Å². The molecular weight excluding hydrogens is 340 g/mol. The standard InChI is InChI=1S/C21H36N4O2/c1-2-22-20(24-13-16-17(14-24)19-6-5-18(16)27-19)23-15-21(7-11-26-12-8-21)25-9-3-4-10-25/h16-19H,2-15H2,1H3,(H,22,23). The average Bonchev–Trinajstić information content (AvgIpc) is 3.48. The molecule has 5 rings (SSSR count). The Morgan fingerprint density at radius 3 is 2.37 bits per heavy atom. The van der Waals surface area contributed by atoms with E-state index in [0.717, 1.165) is 70.0 Å². The fourth-order valence-electron chi connectivity index (χ4n) is 6.30. The molecule has 0 saturated carbocycles. The molecular formula is C21H36N4O2. The second-order valence-electron chi connectivity index (χ2n) is 9.22. The second-order valence-corrected chi connectivity index (χ2v) is 9.22.